The minimum Gasteiger partial charge on any atom is -0.251 e. The molecular formula is C8H19NS. The van der Waals surface area contributed by atoms with Crippen LogP contribution in [0.5, 0.6) is 0 Å². The van der Waals surface area contributed by atoms with E-state index in [1.54, 1.807) is 0 Å². The van der Waals surface area contributed by atoms with E-state index in [0.717, 1.165) is 6.54 Å². The molecule has 0 amide bonds. The van der Waals surface area contributed by atoms with E-state index in [1.165, 1.54) is 6.54 Å². The van der Waals surface area contributed by atoms with Crippen LogP contribution in [-0.2, 0) is 0 Å². The summed E-state index contributed by atoms with van der Waals surface area (Å²) in [4.78, 5) is 0. The zero-order valence-corrected chi connectivity index (χ0v) is 8.59. The molecule has 0 aliphatic carbocycles. The van der Waals surface area contributed by atoms with Gasteiger partial charge in [0.05, 0.1) is 0 Å². The third-order valence-corrected chi connectivity index (χ3v) is 2.17. The molecule has 62 valence electrons. The van der Waals surface area contributed by atoms with Crippen LogP contribution in [0.2, 0.25) is 0 Å². The van der Waals surface area contributed by atoms with Gasteiger partial charge in [0.2, 0.25) is 0 Å². The van der Waals surface area contributed by atoms with E-state index in [-0.39, 0.29) is 0 Å². The molecule has 0 aromatic heterocycles. The highest BCUT2D eigenvalue weighted by molar-refractivity contribution is 7.96. The van der Waals surface area contributed by atoms with Crippen molar-refractivity contribution in [1.82, 2.24) is 4.31 Å². The van der Waals surface area contributed by atoms with Crippen molar-refractivity contribution >= 4 is 11.9 Å². The second kappa shape index (κ2) is 4.24. The average molecular weight is 161 g/mol. The first kappa shape index (κ1) is 10.3. The number of hydrogen-bond acceptors (Lipinski definition) is 2. The molecule has 0 spiro atoms. The first-order valence-electron chi connectivity index (χ1n) is 3.78. The first-order valence-corrected chi connectivity index (χ1v) is 4.97. The molecule has 0 saturated carbocycles. The molecule has 2 heteroatoms. The summed E-state index contributed by atoms with van der Waals surface area (Å²) in [5.74, 6) is 0. The monoisotopic (exact) mass is 161 g/mol. The van der Waals surface area contributed by atoms with E-state index >= 15 is 0 Å². The molecule has 0 radical (unpaired) electrons. The Morgan fingerprint density at radius 3 is 1.90 bits per heavy atom. The van der Waals surface area contributed by atoms with Gasteiger partial charge in [0.25, 0.3) is 0 Å². The van der Waals surface area contributed by atoms with Crippen molar-refractivity contribution in [2.75, 3.05) is 19.3 Å². The highest BCUT2D eigenvalue weighted by atomic mass is 32.2. The highest BCUT2D eigenvalue weighted by Gasteiger charge is 2.13. The summed E-state index contributed by atoms with van der Waals surface area (Å²) in [6.45, 7) is 11.3. The summed E-state index contributed by atoms with van der Waals surface area (Å²) >= 11 is 1.83. The summed E-state index contributed by atoms with van der Waals surface area (Å²) in [5, 5.41) is 0. The molecule has 0 atom stereocenters. The molecule has 1 nitrogen and oxygen atoms in total. The molecule has 0 aromatic carbocycles. The van der Waals surface area contributed by atoms with E-state index in [9.17, 15) is 0 Å². The normalized spacial score (nSPS) is 12.6. The van der Waals surface area contributed by atoms with Gasteiger partial charge in [-0.2, -0.15) is 0 Å². The Hall–Kier alpha value is 0.310. The highest BCUT2D eigenvalue weighted by Crippen LogP contribution is 2.18. The Morgan fingerprint density at radius 1 is 1.30 bits per heavy atom. The molecule has 0 fully saturated rings. The van der Waals surface area contributed by atoms with E-state index < -0.39 is 0 Å². The minimum atomic E-state index is 0.430. The Bertz CT molecular complexity index is 81.7. The molecule has 0 heterocycles. The van der Waals surface area contributed by atoms with Gasteiger partial charge in [0.1, 0.15) is 0 Å². The van der Waals surface area contributed by atoms with Gasteiger partial charge >= 0.3 is 0 Å². The van der Waals surface area contributed by atoms with Crippen LogP contribution in [0.4, 0.5) is 0 Å². The summed E-state index contributed by atoms with van der Waals surface area (Å²) < 4.78 is 2.38. The van der Waals surface area contributed by atoms with Crippen molar-refractivity contribution in [3.8, 4) is 0 Å². The van der Waals surface area contributed by atoms with Gasteiger partial charge in [-0.05, 0) is 11.7 Å². The van der Waals surface area contributed by atoms with Crippen molar-refractivity contribution in [1.29, 1.82) is 0 Å². The number of nitrogens with zero attached hydrogens (tertiary/aromatic N) is 1. The molecule has 10 heavy (non-hydrogen) atoms. The van der Waals surface area contributed by atoms with Crippen molar-refractivity contribution in [2.45, 2.75) is 27.7 Å². The predicted molar refractivity (Wildman–Crippen MR) is 50.2 cm³/mol. The smallest absolute Gasteiger partial charge is 0.0138 e. The lowest BCUT2D eigenvalue weighted by molar-refractivity contribution is 0.308. The zero-order chi connectivity index (χ0) is 8.20. The Morgan fingerprint density at radius 2 is 1.80 bits per heavy atom. The quantitative estimate of drug-likeness (QED) is 0.585. The van der Waals surface area contributed by atoms with Gasteiger partial charge in [0.15, 0.2) is 0 Å². The maximum Gasteiger partial charge on any atom is 0.0138 e. The Balaban J connectivity index is 3.63. The van der Waals surface area contributed by atoms with E-state index in [4.69, 9.17) is 0 Å². The fourth-order valence-corrected chi connectivity index (χ4v) is 1.61. The largest absolute Gasteiger partial charge is 0.251 e. The Kier molecular flexibility index (Phi) is 4.37. The van der Waals surface area contributed by atoms with Crippen LogP contribution in [-0.4, -0.2) is 23.7 Å². The van der Waals surface area contributed by atoms with Crippen LogP contribution >= 0.6 is 11.9 Å². The maximum atomic E-state index is 2.38. The van der Waals surface area contributed by atoms with Crippen LogP contribution in [0.15, 0.2) is 0 Å². The SMILES string of the molecule is CCN(CC(C)(C)C)SC. The van der Waals surface area contributed by atoms with Crippen LogP contribution in [0.25, 0.3) is 0 Å². The van der Waals surface area contributed by atoms with E-state index in [0.29, 0.717) is 5.41 Å². The second-order valence-electron chi connectivity index (χ2n) is 3.70. The second-order valence-corrected chi connectivity index (χ2v) is 4.58. The summed E-state index contributed by atoms with van der Waals surface area (Å²) in [6.07, 6.45) is 2.13. The fraction of sp³-hybridized carbons (Fsp3) is 1.00. The molecular weight excluding hydrogens is 142 g/mol. The maximum absolute atomic E-state index is 2.38. The third-order valence-electron chi connectivity index (χ3n) is 1.26. The van der Waals surface area contributed by atoms with Crippen LogP contribution < -0.4 is 0 Å². The summed E-state index contributed by atoms with van der Waals surface area (Å²) in [7, 11) is 0. The Labute approximate surface area is 69.3 Å². The topological polar surface area (TPSA) is 3.24 Å². The van der Waals surface area contributed by atoms with Crippen LogP contribution in [0.1, 0.15) is 27.7 Å². The molecule has 0 unspecified atom stereocenters. The zero-order valence-electron chi connectivity index (χ0n) is 7.77. The molecule has 0 saturated heterocycles. The molecule has 0 aliphatic rings. The van der Waals surface area contributed by atoms with Crippen LogP contribution in [0, 0.1) is 5.41 Å². The summed E-state index contributed by atoms with van der Waals surface area (Å²) in [6, 6.07) is 0. The van der Waals surface area contributed by atoms with E-state index in [2.05, 4.69) is 38.3 Å². The molecule has 0 N–H and O–H groups in total. The molecule has 0 rings (SSSR count). The van der Waals surface area contributed by atoms with Crippen molar-refractivity contribution in [3.63, 3.8) is 0 Å². The molecule has 0 aromatic rings. The number of rotatable bonds is 3. The molecule has 0 aliphatic heterocycles. The predicted octanol–water partition coefficient (Wildman–Crippen LogP) is 2.63. The first-order chi connectivity index (χ1) is 4.49. The van der Waals surface area contributed by atoms with Gasteiger partial charge in [-0.15, -0.1) is 0 Å². The lowest BCUT2D eigenvalue weighted by atomic mass is 9.97. The van der Waals surface area contributed by atoms with Gasteiger partial charge < -0.3 is 0 Å². The summed E-state index contributed by atoms with van der Waals surface area (Å²) in [5.41, 5.74) is 0.430. The van der Waals surface area contributed by atoms with Gasteiger partial charge in [0, 0.05) is 13.1 Å². The van der Waals surface area contributed by atoms with Crippen molar-refractivity contribution in [2.24, 2.45) is 5.41 Å². The lowest BCUT2D eigenvalue weighted by Gasteiger charge is -2.26. The van der Waals surface area contributed by atoms with Gasteiger partial charge in [-0.1, -0.05) is 39.6 Å². The van der Waals surface area contributed by atoms with Gasteiger partial charge in [-0.3, -0.25) is 4.31 Å². The fourth-order valence-electron chi connectivity index (χ4n) is 0.835. The van der Waals surface area contributed by atoms with Crippen LogP contribution in [0.3, 0.4) is 0 Å². The minimum absolute atomic E-state index is 0.430. The van der Waals surface area contributed by atoms with Gasteiger partial charge in [-0.25, -0.2) is 0 Å². The lowest BCUT2D eigenvalue weighted by Crippen LogP contribution is -2.26. The number of hydrogen-bond donors (Lipinski definition) is 0. The van der Waals surface area contributed by atoms with Crippen molar-refractivity contribution in [3.05, 3.63) is 0 Å². The van der Waals surface area contributed by atoms with Crippen molar-refractivity contribution < 1.29 is 0 Å². The molecule has 0 bridgehead atoms. The average Bonchev–Trinajstić information content (AvgIpc) is 1.81. The van der Waals surface area contributed by atoms with E-state index in [1.807, 2.05) is 11.9 Å². The third kappa shape index (κ3) is 5.12. The standard InChI is InChI=1S/C8H19NS/c1-6-9(10-5)7-8(2,3)4/h6-7H2,1-5H3.